The number of methoxy groups -OCH3 is 1. The minimum Gasteiger partial charge on any atom is -0.493 e. The second-order valence-corrected chi connectivity index (χ2v) is 12.0. The van der Waals surface area contributed by atoms with Crippen molar-refractivity contribution in [2.45, 2.75) is 49.4 Å². The lowest BCUT2D eigenvalue weighted by atomic mass is 10.0. The van der Waals surface area contributed by atoms with Gasteiger partial charge in [-0.05, 0) is 61.0 Å². The van der Waals surface area contributed by atoms with E-state index in [0.29, 0.717) is 60.4 Å². The Morgan fingerprint density at radius 1 is 1.17 bits per heavy atom. The lowest BCUT2D eigenvalue weighted by molar-refractivity contribution is -0.121. The fourth-order valence-electron chi connectivity index (χ4n) is 5.72. The number of aromatic nitrogens is 2. The molecule has 6 rings (SSSR count). The average molecular weight is 594 g/mol. The standard InChI is InChI=1S/C30H36FN7O3S/c1-40-23-13-17-12-21-27(37-38-29(21)34-19-7-4-6-18(31)14-19)20(17)15-24(23)41-11-5-10-33-26(39)9-3-2-8-25-28-22(16-42-25)35-30(32)36-28/h4,6-7,12-15,22,25,28,34,37-38H,2-3,5,8-11,16H2,1H3,(H,33,39)(H3,32,35,36). The molecule has 42 heavy (non-hydrogen) atoms. The van der Waals surface area contributed by atoms with Crippen molar-refractivity contribution in [2.24, 2.45) is 10.7 Å². The molecule has 2 aromatic carbocycles. The Morgan fingerprint density at radius 2 is 2.07 bits per heavy atom. The van der Waals surface area contributed by atoms with E-state index in [1.54, 1.807) is 19.2 Å². The second-order valence-electron chi connectivity index (χ2n) is 10.7. The maximum Gasteiger partial charge on any atom is 0.219 e. The van der Waals surface area contributed by atoms with Crippen LogP contribution in [0.5, 0.6) is 11.5 Å². The molecule has 3 unspecified atom stereocenters. The number of guanidine groups is 1. The van der Waals surface area contributed by atoms with Gasteiger partial charge in [0.05, 0.1) is 31.5 Å². The van der Waals surface area contributed by atoms with Crippen molar-refractivity contribution in [3.8, 4) is 22.8 Å². The molecule has 0 spiro atoms. The summed E-state index contributed by atoms with van der Waals surface area (Å²) in [4.78, 5) is 16.8. The van der Waals surface area contributed by atoms with Crippen LogP contribution >= 0.6 is 11.8 Å². The summed E-state index contributed by atoms with van der Waals surface area (Å²) in [6.07, 6.45) is 4.13. The number of carbonyl (C=O) groups is 1. The van der Waals surface area contributed by atoms with Crippen molar-refractivity contribution in [1.29, 1.82) is 0 Å². The zero-order valence-corrected chi connectivity index (χ0v) is 24.3. The molecule has 222 valence electrons. The Kier molecular flexibility index (Phi) is 8.31. The van der Waals surface area contributed by atoms with Crippen molar-refractivity contribution < 1.29 is 18.7 Å². The van der Waals surface area contributed by atoms with Gasteiger partial charge in [-0.2, -0.15) is 11.8 Å². The van der Waals surface area contributed by atoms with Gasteiger partial charge in [-0.25, -0.2) is 9.38 Å². The summed E-state index contributed by atoms with van der Waals surface area (Å²) in [5.41, 5.74) is 8.31. The maximum absolute atomic E-state index is 13.6. The van der Waals surface area contributed by atoms with E-state index in [2.05, 4.69) is 31.1 Å². The minimum atomic E-state index is -0.304. The molecule has 0 radical (unpaired) electrons. The molecule has 0 saturated carbocycles. The monoisotopic (exact) mass is 593 g/mol. The zero-order valence-electron chi connectivity index (χ0n) is 23.5. The van der Waals surface area contributed by atoms with E-state index in [-0.39, 0.29) is 17.8 Å². The van der Waals surface area contributed by atoms with E-state index in [1.807, 2.05) is 30.0 Å². The molecule has 10 nitrogen and oxygen atoms in total. The number of unbranched alkanes of at least 4 members (excludes halogenated alkanes) is 1. The smallest absolute Gasteiger partial charge is 0.219 e. The van der Waals surface area contributed by atoms with Gasteiger partial charge in [0.15, 0.2) is 17.5 Å². The highest BCUT2D eigenvalue weighted by Gasteiger charge is 2.40. The number of hydrogen-bond donors (Lipinski definition) is 6. The van der Waals surface area contributed by atoms with Gasteiger partial charge in [-0.15, -0.1) is 0 Å². The maximum atomic E-state index is 13.6. The van der Waals surface area contributed by atoms with E-state index in [0.717, 1.165) is 52.9 Å². The number of aromatic amines is 2. The van der Waals surface area contributed by atoms with E-state index in [4.69, 9.17) is 15.2 Å². The van der Waals surface area contributed by atoms with Crippen LogP contribution in [0.25, 0.3) is 22.0 Å². The minimum absolute atomic E-state index is 0.0700. The second kappa shape index (κ2) is 12.4. The summed E-state index contributed by atoms with van der Waals surface area (Å²) in [5, 5.41) is 18.3. The number of amides is 1. The number of rotatable bonds is 13. The van der Waals surface area contributed by atoms with Crippen LogP contribution in [0.4, 0.5) is 15.9 Å². The normalized spacial score (nSPS) is 19.5. The third-order valence-electron chi connectivity index (χ3n) is 7.80. The molecule has 0 aromatic heterocycles. The molecule has 4 aliphatic rings. The Morgan fingerprint density at radius 3 is 2.93 bits per heavy atom. The van der Waals surface area contributed by atoms with Crippen LogP contribution in [0.15, 0.2) is 47.5 Å². The highest BCUT2D eigenvalue weighted by molar-refractivity contribution is 8.00. The summed E-state index contributed by atoms with van der Waals surface area (Å²) < 4.78 is 25.3. The molecule has 1 aliphatic carbocycles. The molecular formula is C30H36FN7O3S. The first kappa shape index (κ1) is 28.1. The number of hydrogen-bond acceptors (Lipinski definition) is 8. The van der Waals surface area contributed by atoms with E-state index in [9.17, 15) is 9.18 Å². The highest BCUT2D eigenvalue weighted by atomic mass is 32.2. The summed E-state index contributed by atoms with van der Waals surface area (Å²) in [7, 11) is 1.62. The molecule has 3 heterocycles. The lowest BCUT2D eigenvalue weighted by Gasteiger charge is -2.14. The van der Waals surface area contributed by atoms with E-state index < -0.39 is 0 Å². The van der Waals surface area contributed by atoms with E-state index >= 15 is 0 Å². The van der Waals surface area contributed by atoms with Crippen molar-refractivity contribution in [2.75, 3.05) is 31.3 Å². The van der Waals surface area contributed by atoms with Crippen LogP contribution in [0.2, 0.25) is 0 Å². The molecule has 3 aliphatic heterocycles. The first-order valence-electron chi connectivity index (χ1n) is 14.3. The molecule has 1 amide bonds. The first-order chi connectivity index (χ1) is 20.5. The van der Waals surface area contributed by atoms with Crippen LogP contribution in [-0.4, -0.2) is 65.4 Å². The number of halogens is 1. The number of H-pyrrole nitrogens is 2. The van der Waals surface area contributed by atoms with Crippen LogP contribution in [-0.2, 0) is 4.79 Å². The van der Waals surface area contributed by atoms with Crippen molar-refractivity contribution >= 4 is 45.9 Å². The summed E-state index contributed by atoms with van der Waals surface area (Å²) in [6, 6.07) is 12.9. The predicted octanol–water partition coefficient (Wildman–Crippen LogP) is 4.71. The summed E-state index contributed by atoms with van der Waals surface area (Å²) in [6.45, 7) is 0.987. The quantitative estimate of drug-likeness (QED) is 0.123. The van der Waals surface area contributed by atoms with Gasteiger partial charge < -0.3 is 31.2 Å². The number of carbonyl (C=O) groups excluding carboxylic acids is 1. The van der Waals surface area contributed by atoms with Gasteiger partial charge >= 0.3 is 0 Å². The summed E-state index contributed by atoms with van der Waals surface area (Å²) >= 11 is 1.95. The number of nitrogens with zero attached hydrogens (tertiary/aromatic N) is 1. The fraction of sp³-hybridized carbons (Fsp3) is 0.400. The molecule has 3 atom stereocenters. The molecule has 12 heteroatoms. The molecule has 1 saturated heterocycles. The number of thioether (sulfide) groups is 1. The third-order valence-corrected chi connectivity index (χ3v) is 9.29. The average Bonchev–Trinajstić information content (AvgIpc) is 3.72. The van der Waals surface area contributed by atoms with E-state index in [1.165, 1.54) is 12.1 Å². The highest BCUT2D eigenvalue weighted by Crippen LogP contribution is 2.43. The molecule has 2 aromatic rings. The number of fused-ring (bicyclic) bond motifs is 4. The van der Waals surface area contributed by atoms with Gasteiger partial charge in [0.2, 0.25) is 5.91 Å². The number of ether oxygens (including phenoxy) is 2. The molecule has 1 fully saturated rings. The first-order valence-corrected chi connectivity index (χ1v) is 15.4. The van der Waals surface area contributed by atoms with Crippen molar-refractivity contribution in [1.82, 2.24) is 20.8 Å². The van der Waals surface area contributed by atoms with Crippen LogP contribution < -0.4 is 31.2 Å². The van der Waals surface area contributed by atoms with Gasteiger partial charge in [-0.3, -0.25) is 15.0 Å². The number of nitrogens with two attached hydrogens (primary N) is 1. The zero-order chi connectivity index (χ0) is 29.1. The molecular weight excluding hydrogens is 557 g/mol. The number of nitrogens with one attached hydrogen (secondary N) is 5. The van der Waals surface area contributed by atoms with Gasteiger partial charge in [-0.1, -0.05) is 12.5 Å². The Hall–Kier alpha value is -4.06. The Labute approximate surface area is 247 Å². The predicted molar refractivity (Wildman–Crippen MR) is 166 cm³/mol. The van der Waals surface area contributed by atoms with Crippen molar-refractivity contribution in [3.05, 3.63) is 48.3 Å². The number of aliphatic imine (C=N–C) groups is 1. The number of benzene rings is 2. The fourth-order valence-corrected chi connectivity index (χ4v) is 7.23. The topological polar surface area (TPSA) is 142 Å². The van der Waals surface area contributed by atoms with Gasteiger partial charge in [0.25, 0.3) is 0 Å². The molecule has 0 bridgehead atoms. The van der Waals surface area contributed by atoms with Gasteiger partial charge in [0.1, 0.15) is 11.6 Å². The van der Waals surface area contributed by atoms with Gasteiger partial charge in [0, 0.05) is 40.6 Å². The lowest BCUT2D eigenvalue weighted by Crippen LogP contribution is -2.38. The largest absolute Gasteiger partial charge is 0.493 e. The van der Waals surface area contributed by atoms with Crippen LogP contribution in [0.1, 0.15) is 32.1 Å². The number of anilines is 2. The SMILES string of the molecule is COc1cc2cc3c(Nc4cccc(F)c4)[nH][nH]c-3c2cc1OCCCNC(=O)CCCCC1SCC2NC(N)=NC21. The van der Waals surface area contributed by atoms with Crippen molar-refractivity contribution in [3.63, 3.8) is 0 Å². The third kappa shape index (κ3) is 6.08. The molecule has 7 N–H and O–H groups in total. The Balaban J connectivity index is 0.952. The Bertz CT molecular complexity index is 1550. The summed E-state index contributed by atoms with van der Waals surface area (Å²) in [5.74, 6) is 3.37. The van der Waals surface area contributed by atoms with Crippen LogP contribution in [0, 0.1) is 5.82 Å². The van der Waals surface area contributed by atoms with Crippen LogP contribution in [0.3, 0.4) is 0 Å².